The molecule has 2 fully saturated rings. The molecule has 0 radical (unpaired) electrons. The fraction of sp³-hybridized carbons (Fsp3) is 0.333. The van der Waals surface area contributed by atoms with E-state index in [4.69, 9.17) is 4.74 Å². The van der Waals surface area contributed by atoms with Gasteiger partial charge in [0.25, 0.3) is 5.91 Å². The van der Waals surface area contributed by atoms with Crippen molar-refractivity contribution in [2.75, 3.05) is 49.6 Å². The summed E-state index contributed by atoms with van der Waals surface area (Å²) in [5.41, 5.74) is 3.86. The minimum atomic E-state index is -0.0989. The zero-order chi connectivity index (χ0) is 24.0. The van der Waals surface area contributed by atoms with Crippen molar-refractivity contribution in [2.45, 2.75) is 19.4 Å². The third-order valence-electron chi connectivity index (χ3n) is 6.34. The Kier molecular flexibility index (Phi) is 7.30. The van der Waals surface area contributed by atoms with E-state index in [1.165, 1.54) is 11.3 Å². The van der Waals surface area contributed by atoms with Crippen LogP contribution < -0.4 is 15.5 Å². The van der Waals surface area contributed by atoms with Crippen molar-refractivity contribution in [1.82, 2.24) is 10.2 Å². The lowest BCUT2D eigenvalue weighted by atomic mass is 10.1. The van der Waals surface area contributed by atoms with Gasteiger partial charge in [-0.05, 0) is 42.2 Å². The summed E-state index contributed by atoms with van der Waals surface area (Å²) in [5, 5.41) is 7.13. The first-order valence-electron chi connectivity index (χ1n) is 12.1. The predicted molar refractivity (Wildman–Crippen MR) is 140 cm³/mol. The molecule has 5 rings (SSSR count). The fourth-order valence-corrected chi connectivity index (χ4v) is 5.62. The van der Waals surface area contributed by atoms with Crippen molar-refractivity contribution < 1.29 is 14.3 Å². The van der Waals surface area contributed by atoms with E-state index in [2.05, 4.69) is 27.7 Å². The Morgan fingerprint density at radius 3 is 2.46 bits per heavy atom. The Balaban J connectivity index is 1.27. The quantitative estimate of drug-likeness (QED) is 0.520. The van der Waals surface area contributed by atoms with E-state index in [1.54, 1.807) is 0 Å². The van der Waals surface area contributed by atoms with E-state index in [0.29, 0.717) is 24.6 Å². The lowest BCUT2D eigenvalue weighted by Crippen LogP contribution is -2.35. The molecule has 2 aromatic carbocycles. The highest BCUT2D eigenvalue weighted by Gasteiger charge is 2.22. The van der Waals surface area contributed by atoms with E-state index in [1.807, 2.05) is 53.4 Å². The number of ether oxygens (including phenoxy) is 1. The van der Waals surface area contributed by atoms with E-state index in [0.717, 1.165) is 66.4 Å². The average Bonchev–Trinajstić information content (AvgIpc) is 3.60. The Hall–Kier alpha value is -3.36. The summed E-state index contributed by atoms with van der Waals surface area (Å²) in [6.07, 6.45) is 2.11. The molecule has 182 valence electrons. The van der Waals surface area contributed by atoms with Crippen molar-refractivity contribution in [3.8, 4) is 11.1 Å². The van der Waals surface area contributed by atoms with Crippen LogP contribution in [0.2, 0.25) is 0 Å². The average molecular weight is 491 g/mol. The molecule has 0 saturated carbocycles. The zero-order valence-electron chi connectivity index (χ0n) is 19.7. The van der Waals surface area contributed by atoms with Crippen molar-refractivity contribution >= 4 is 34.0 Å². The first-order chi connectivity index (χ1) is 17.2. The summed E-state index contributed by atoms with van der Waals surface area (Å²) in [6, 6.07) is 19.8. The minimum absolute atomic E-state index is 0.0636. The molecule has 2 aliphatic heterocycles. The summed E-state index contributed by atoms with van der Waals surface area (Å²) in [7, 11) is 0. The normalized spacial score (nSPS) is 15.8. The maximum absolute atomic E-state index is 13.1. The molecule has 0 spiro atoms. The SMILES string of the molecule is O=C(NCc1cccc(NC(=O)N2CCCC2)c1)c1cc(-c2ccccc2)c(N2CCOCC2)s1. The molecule has 8 heteroatoms. The molecule has 0 atom stereocenters. The molecular formula is C27H30N4O3S. The molecular weight excluding hydrogens is 460 g/mol. The number of nitrogens with zero attached hydrogens (tertiary/aromatic N) is 2. The van der Waals surface area contributed by atoms with E-state index < -0.39 is 0 Å². The number of amides is 3. The third-order valence-corrected chi connectivity index (χ3v) is 7.54. The molecule has 2 aliphatic rings. The van der Waals surface area contributed by atoms with Crippen LogP contribution in [0, 0.1) is 0 Å². The first kappa shape index (κ1) is 23.4. The minimum Gasteiger partial charge on any atom is -0.378 e. The molecule has 0 unspecified atom stereocenters. The number of morpholine rings is 1. The Morgan fingerprint density at radius 1 is 0.914 bits per heavy atom. The van der Waals surface area contributed by atoms with Crippen LogP contribution in [-0.4, -0.2) is 56.2 Å². The van der Waals surface area contributed by atoms with Gasteiger partial charge in [-0.1, -0.05) is 42.5 Å². The second-order valence-corrected chi connectivity index (χ2v) is 9.83. The predicted octanol–water partition coefficient (Wildman–Crippen LogP) is 4.81. The number of nitrogens with one attached hydrogen (secondary N) is 2. The van der Waals surface area contributed by atoms with Crippen molar-refractivity contribution in [2.24, 2.45) is 0 Å². The highest BCUT2D eigenvalue weighted by atomic mass is 32.1. The molecule has 3 amide bonds. The number of hydrogen-bond acceptors (Lipinski definition) is 5. The number of hydrogen-bond donors (Lipinski definition) is 2. The summed E-state index contributed by atoms with van der Waals surface area (Å²) >= 11 is 1.53. The van der Waals surface area contributed by atoms with Crippen LogP contribution in [0.25, 0.3) is 11.1 Å². The van der Waals surface area contributed by atoms with E-state index in [-0.39, 0.29) is 11.9 Å². The molecule has 2 saturated heterocycles. The molecule has 2 N–H and O–H groups in total. The monoisotopic (exact) mass is 490 g/mol. The zero-order valence-corrected chi connectivity index (χ0v) is 20.5. The van der Waals surface area contributed by atoms with Gasteiger partial charge in [0, 0.05) is 44.0 Å². The maximum atomic E-state index is 13.1. The third kappa shape index (κ3) is 5.66. The van der Waals surface area contributed by atoms with Crippen LogP contribution in [-0.2, 0) is 11.3 Å². The molecule has 35 heavy (non-hydrogen) atoms. The van der Waals surface area contributed by atoms with Gasteiger partial charge in [-0.2, -0.15) is 0 Å². The standard InChI is InChI=1S/C27H30N4O3S/c32-25(28-19-20-7-6-10-22(17-20)29-27(33)31-11-4-5-12-31)24-18-23(21-8-2-1-3-9-21)26(35-24)30-13-15-34-16-14-30/h1-3,6-10,17-18H,4-5,11-16,19H2,(H,28,32)(H,29,33). The molecule has 3 aromatic rings. The van der Waals surface area contributed by atoms with Crippen LogP contribution in [0.5, 0.6) is 0 Å². The van der Waals surface area contributed by atoms with Gasteiger partial charge >= 0.3 is 6.03 Å². The number of urea groups is 1. The Morgan fingerprint density at radius 2 is 1.69 bits per heavy atom. The van der Waals surface area contributed by atoms with Crippen LogP contribution in [0.4, 0.5) is 15.5 Å². The summed E-state index contributed by atoms with van der Waals surface area (Å²) in [6.45, 7) is 5.02. The molecule has 3 heterocycles. The smallest absolute Gasteiger partial charge is 0.321 e. The van der Waals surface area contributed by atoms with Crippen LogP contribution >= 0.6 is 11.3 Å². The Labute approximate surface area is 209 Å². The van der Waals surface area contributed by atoms with Gasteiger partial charge in [0.15, 0.2) is 0 Å². The van der Waals surface area contributed by atoms with Crippen molar-refractivity contribution in [3.63, 3.8) is 0 Å². The summed E-state index contributed by atoms with van der Waals surface area (Å²) in [4.78, 5) is 30.3. The molecule has 7 nitrogen and oxygen atoms in total. The number of benzene rings is 2. The maximum Gasteiger partial charge on any atom is 0.321 e. The van der Waals surface area contributed by atoms with Gasteiger partial charge in [0.1, 0.15) is 0 Å². The van der Waals surface area contributed by atoms with Crippen LogP contribution in [0.1, 0.15) is 28.1 Å². The lowest BCUT2D eigenvalue weighted by Gasteiger charge is -2.28. The van der Waals surface area contributed by atoms with E-state index in [9.17, 15) is 9.59 Å². The molecule has 1 aromatic heterocycles. The van der Waals surface area contributed by atoms with Gasteiger partial charge in [0.2, 0.25) is 0 Å². The van der Waals surface area contributed by atoms with Crippen LogP contribution in [0.15, 0.2) is 60.7 Å². The molecule has 0 bridgehead atoms. The second kappa shape index (κ2) is 10.9. The number of thiophene rings is 1. The largest absolute Gasteiger partial charge is 0.378 e. The van der Waals surface area contributed by atoms with E-state index >= 15 is 0 Å². The van der Waals surface area contributed by atoms with Crippen molar-refractivity contribution in [3.05, 3.63) is 71.1 Å². The number of carbonyl (C=O) groups excluding carboxylic acids is 2. The molecule has 0 aliphatic carbocycles. The highest BCUT2D eigenvalue weighted by Crippen LogP contribution is 2.39. The first-order valence-corrected chi connectivity index (χ1v) is 12.9. The summed E-state index contributed by atoms with van der Waals surface area (Å²) in [5.74, 6) is -0.0989. The number of anilines is 2. The van der Waals surface area contributed by atoms with Crippen molar-refractivity contribution in [1.29, 1.82) is 0 Å². The number of likely N-dealkylation sites (tertiary alicyclic amines) is 1. The van der Waals surface area contributed by atoms with Gasteiger partial charge in [0.05, 0.1) is 23.1 Å². The number of rotatable bonds is 6. The van der Waals surface area contributed by atoms with Crippen LogP contribution in [0.3, 0.4) is 0 Å². The van der Waals surface area contributed by atoms with Gasteiger partial charge in [-0.15, -0.1) is 11.3 Å². The van der Waals surface area contributed by atoms with Gasteiger partial charge in [-0.3, -0.25) is 4.79 Å². The second-order valence-electron chi connectivity index (χ2n) is 8.80. The highest BCUT2D eigenvalue weighted by molar-refractivity contribution is 7.18. The fourth-order valence-electron chi connectivity index (χ4n) is 4.47. The topological polar surface area (TPSA) is 73.9 Å². The van der Waals surface area contributed by atoms with Gasteiger partial charge < -0.3 is 25.2 Å². The van der Waals surface area contributed by atoms with Gasteiger partial charge in [-0.25, -0.2) is 4.79 Å². The summed E-state index contributed by atoms with van der Waals surface area (Å²) < 4.78 is 5.53. The Bertz CT molecular complexity index is 1170. The number of carbonyl (C=O) groups is 2. The lowest BCUT2D eigenvalue weighted by molar-refractivity contribution is 0.0955.